The van der Waals surface area contributed by atoms with Crippen molar-refractivity contribution in [2.75, 3.05) is 11.1 Å². The molecule has 0 saturated heterocycles. The van der Waals surface area contributed by atoms with Gasteiger partial charge in [0.2, 0.25) is 11.1 Å². The molecule has 0 aliphatic rings. The fourth-order valence-electron chi connectivity index (χ4n) is 2.46. The van der Waals surface area contributed by atoms with Crippen molar-refractivity contribution in [2.45, 2.75) is 19.0 Å². The van der Waals surface area contributed by atoms with E-state index < -0.39 is 0 Å². The first-order valence-electron chi connectivity index (χ1n) is 7.80. The minimum Gasteiger partial charge on any atom is -0.325 e. The summed E-state index contributed by atoms with van der Waals surface area (Å²) in [6.07, 6.45) is 0. The number of rotatable bonds is 5. The van der Waals surface area contributed by atoms with Gasteiger partial charge in [0.25, 0.3) is 0 Å². The lowest BCUT2D eigenvalue weighted by atomic mass is 10.1. The van der Waals surface area contributed by atoms with Gasteiger partial charge in [0.1, 0.15) is 0 Å². The van der Waals surface area contributed by atoms with Crippen LogP contribution in [0.5, 0.6) is 0 Å². The number of H-pyrrole nitrogens is 1. The van der Waals surface area contributed by atoms with Crippen molar-refractivity contribution in [3.05, 3.63) is 56.1 Å². The Morgan fingerprint density at radius 2 is 1.88 bits per heavy atom. The average molecular weight is 499 g/mol. The number of nitrogens with zero attached hydrogens (tertiary/aromatic N) is 2. The molecule has 1 heterocycles. The largest absolute Gasteiger partial charge is 0.325 e. The molecule has 0 atom stereocenters. The summed E-state index contributed by atoms with van der Waals surface area (Å²) in [5.74, 6) is 0.803. The third kappa shape index (κ3) is 4.77. The number of hydrogen-bond donors (Lipinski definition) is 2. The van der Waals surface area contributed by atoms with Gasteiger partial charge in [-0.3, -0.25) is 9.89 Å². The van der Waals surface area contributed by atoms with Crippen molar-refractivity contribution in [1.29, 1.82) is 0 Å². The second kappa shape index (κ2) is 8.41. The molecule has 3 rings (SSSR count). The van der Waals surface area contributed by atoms with E-state index in [4.69, 9.17) is 11.6 Å². The minimum atomic E-state index is -0.0831. The van der Waals surface area contributed by atoms with Crippen LogP contribution in [0.1, 0.15) is 11.1 Å². The molecule has 8 heteroatoms. The topological polar surface area (TPSA) is 70.7 Å². The molecule has 5 nitrogen and oxygen atoms in total. The van der Waals surface area contributed by atoms with E-state index in [2.05, 4.69) is 43.1 Å². The summed E-state index contributed by atoms with van der Waals surface area (Å²) in [6.45, 7) is 3.98. The van der Waals surface area contributed by atoms with E-state index in [1.54, 1.807) is 12.1 Å². The number of carbonyl (C=O) groups is 1. The molecule has 0 fully saturated rings. The van der Waals surface area contributed by atoms with Crippen LogP contribution in [0.4, 0.5) is 5.69 Å². The van der Waals surface area contributed by atoms with Gasteiger partial charge in [0, 0.05) is 19.8 Å². The smallest absolute Gasteiger partial charge is 0.234 e. The first-order chi connectivity index (χ1) is 12.4. The number of benzene rings is 2. The maximum absolute atomic E-state index is 12.3. The van der Waals surface area contributed by atoms with Gasteiger partial charge >= 0.3 is 0 Å². The van der Waals surface area contributed by atoms with Crippen LogP contribution in [0.25, 0.3) is 11.4 Å². The highest BCUT2D eigenvalue weighted by molar-refractivity contribution is 14.1. The Labute approximate surface area is 174 Å². The lowest BCUT2D eigenvalue weighted by molar-refractivity contribution is -0.113. The van der Waals surface area contributed by atoms with E-state index in [-0.39, 0.29) is 11.7 Å². The monoisotopic (exact) mass is 498 g/mol. The number of aryl methyl sites for hydroxylation is 2. The number of hydrogen-bond acceptors (Lipinski definition) is 4. The summed E-state index contributed by atoms with van der Waals surface area (Å²) >= 11 is 9.45. The van der Waals surface area contributed by atoms with Crippen molar-refractivity contribution in [2.24, 2.45) is 0 Å². The van der Waals surface area contributed by atoms with Gasteiger partial charge in [0.15, 0.2) is 5.82 Å². The van der Waals surface area contributed by atoms with Crippen LogP contribution >= 0.6 is 46.0 Å². The van der Waals surface area contributed by atoms with Crippen LogP contribution < -0.4 is 5.32 Å². The van der Waals surface area contributed by atoms with Crippen molar-refractivity contribution >= 4 is 57.5 Å². The van der Waals surface area contributed by atoms with Crippen LogP contribution in [0.3, 0.4) is 0 Å². The van der Waals surface area contributed by atoms with E-state index >= 15 is 0 Å². The lowest BCUT2D eigenvalue weighted by Gasteiger charge is -2.11. The number of carbonyl (C=O) groups excluding carboxylic acids is 1. The molecule has 2 aromatic carbocycles. The van der Waals surface area contributed by atoms with Crippen LogP contribution in [-0.2, 0) is 4.79 Å². The standard InChI is InChI=1S/C18H16ClIN4OS/c1-10-7-14(20)8-11(2)16(10)21-15(25)9-26-18-22-17(23-24-18)12-3-5-13(19)6-4-12/h3-8H,9H2,1-2H3,(H,21,25)(H,22,23,24). The minimum absolute atomic E-state index is 0.0831. The van der Waals surface area contributed by atoms with Crippen molar-refractivity contribution < 1.29 is 4.79 Å². The molecule has 3 aromatic rings. The highest BCUT2D eigenvalue weighted by Crippen LogP contribution is 2.24. The van der Waals surface area contributed by atoms with Gasteiger partial charge in [-0.1, -0.05) is 23.4 Å². The summed E-state index contributed by atoms with van der Waals surface area (Å²) in [5, 5.41) is 11.2. The molecule has 1 aromatic heterocycles. The van der Waals surface area contributed by atoms with Gasteiger partial charge in [-0.15, -0.1) is 5.10 Å². The third-order valence-electron chi connectivity index (χ3n) is 3.68. The van der Waals surface area contributed by atoms with E-state index in [1.807, 2.05) is 38.1 Å². The number of aromatic nitrogens is 3. The fourth-order valence-corrected chi connectivity index (χ4v) is 4.12. The Morgan fingerprint density at radius 1 is 1.23 bits per heavy atom. The number of amides is 1. The predicted octanol–water partition coefficient (Wildman–Crippen LogP) is 5.08. The summed E-state index contributed by atoms with van der Waals surface area (Å²) in [7, 11) is 0. The molecule has 0 aliphatic heterocycles. The van der Waals surface area contributed by atoms with Gasteiger partial charge in [-0.25, -0.2) is 4.98 Å². The van der Waals surface area contributed by atoms with Gasteiger partial charge in [-0.2, -0.15) is 0 Å². The first-order valence-corrected chi connectivity index (χ1v) is 10.2. The molecule has 0 saturated carbocycles. The van der Waals surface area contributed by atoms with Gasteiger partial charge in [-0.05, 0) is 84.0 Å². The van der Waals surface area contributed by atoms with Crippen molar-refractivity contribution in [3.63, 3.8) is 0 Å². The number of aromatic amines is 1. The molecular weight excluding hydrogens is 483 g/mol. The number of nitrogens with one attached hydrogen (secondary N) is 2. The molecule has 0 aliphatic carbocycles. The van der Waals surface area contributed by atoms with E-state index in [0.29, 0.717) is 16.0 Å². The molecule has 0 radical (unpaired) electrons. The van der Waals surface area contributed by atoms with Crippen LogP contribution in [0, 0.1) is 17.4 Å². The molecule has 0 spiro atoms. The normalized spacial score (nSPS) is 10.8. The molecule has 0 bridgehead atoms. The SMILES string of the molecule is Cc1cc(I)cc(C)c1NC(=O)CSc1n[nH]c(-c2ccc(Cl)cc2)n1. The molecule has 134 valence electrons. The van der Waals surface area contributed by atoms with Gasteiger partial charge < -0.3 is 5.32 Å². The lowest BCUT2D eigenvalue weighted by Crippen LogP contribution is -2.16. The maximum atomic E-state index is 12.3. The van der Waals surface area contributed by atoms with Crippen LogP contribution in [0.15, 0.2) is 41.6 Å². The zero-order valence-electron chi connectivity index (χ0n) is 14.1. The molecule has 0 unspecified atom stereocenters. The number of halogens is 2. The molecule has 2 N–H and O–H groups in total. The second-order valence-corrected chi connectivity index (χ2v) is 8.35. The first kappa shape index (κ1) is 19.2. The Bertz CT molecular complexity index is 920. The van der Waals surface area contributed by atoms with E-state index in [1.165, 1.54) is 11.8 Å². The molecule has 1 amide bonds. The Kier molecular flexibility index (Phi) is 6.20. The fraction of sp³-hybridized carbons (Fsp3) is 0.167. The quantitative estimate of drug-likeness (QED) is 0.380. The third-order valence-corrected chi connectivity index (χ3v) is 5.40. The highest BCUT2D eigenvalue weighted by Gasteiger charge is 2.12. The van der Waals surface area contributed by atoms with Crippen molar-refractivity contribution in [1.82, 2.24) is 15.2 Å². The summed E-state index contributed by atoms with van der Waals surface area (Å²) < 4.78 is 1.15. The Morgan fingerprint density at radius 3 is 2.54 bits per heavy atom. The van der Waals surface area contributed by atoms with Gasteiger partial charge in [0.05, 0.1) is 5.75 Å². The number of thioether (sulfide) groups is 1. The summed E-state index contributed by atoms with van der Waals surface area (Å²) in [5.41, 5.74) is 3.86. The highest BCUT2D eigenvalue weighted by atomic mass is 127. The summed E-state index contributed by atoms with van der Waals surface area (Å²) in [6, 6.07) is 11.4. The second-order valence-electron chi connectivity index (χ2n) is 5.72. The predicted molar refractivity (Wildman–Crippen MR) is 115 cm³/mol. The Hall–Kier alpha value is -1.58. The van der Waals surface area contributed by atoms with E-state index in [9.17, 15) is 4.79 Å². The van der Waals surface area contributed by atoms with Crippen LogP contribution in [0.2, 0.25) is 5.02 Å². The zero-order valence-corrected chi connectivity index (χ0v) is 17.9. The number of anilines is 1. The van der Waals surface area contributed by atoms with Crippen molar-refractivity contribution in [3.8, 4) is 11.4 Å². The molecule has 26 heavy (non-hydrogen) atoms. The zero-order chi connectivity index (χ0) is 18.7. The van der Waals surface area contributed by atoms with Crippen LogP contribution in [-0.4, -0.2) is 26.8 Å². The maximum Gasteiger partial charge on any atom is 0.234 e. The average Bonchev–Trinajstić information content (AvgIpc) is 3.06. The Balaban J connectivity index is 1.61. The summed E-state index contributed by atoms with van der Waals surface area (Å²) in [4.78, 5) is 16.7. The van der Waals surface area contributed by atoms with E-state index in [0.717, 1.165) is 25.9 Å². The molecular formula is C18H16ClIN4OS.